The largest absolute Gasteiger partial charge is 0.496 e. The van der Waals surface area contributed by atoms with Gasteiger partial charge in [-0.2, -0.15) is 0 Å². The predicted octanol–water partition coefficient (Wildman–Crippen LogP) is 2.42. The topological polar surface area (TPSA) is 38.3 Å². The van der Waals surface area contributed by atoms with Crippen LogP contribution in [0.4, 0.5) is 0 Å². The second kappa shape index (κ2) is 5.41. The molecule has 1 aliphatic rings. The highest BCUT2D eigenvalue weighted by Gasteiger charge is 2.29. The Morgan fingerprint density at radius 3 is 2.94 bits per heavy atom. The molecule has 0 saturated heterocycles. The Bertz CT molecular complexity index is 416. The van der Waals surface area contributed by atoms with Gasteiger partial charge < -0.3 is 10.1 Å². The average Bonchev–Trinajstić information content (AvgIpc) is 3.13. The summed E-state index contributed by atoms with van der Waals surface area (Å²) in [6, 6.07) is 5.52. The van der Waals surface area contributed by atoms with E-state index in [1.165, 1.54) is 0 Å². The van der Waals surface area contributed by atoms with E-state index in [0.29, 0.717) is 11.6 Å². The van der Waals surface area contributed by atoms with Gasteiger partial charge in [-0.25, -0.2) is 0 Å². The average molecular weight is 254 g/mol. The molecule has 0 aliphatic heterocycles. The van der Waals surface area contributed by atoms with E-state index in [-0.39, 0.29) is 11.8 Å². The molecule has 1 N–H and O–H groups in total. The number of methoxy groups -OCH3 is 1. The quantitative estimate of drug-likeness (QED) is 0.875. The third kappa shape index (κ3) is 3.37. The number of amides is 1. The lowest BCUT2D eigenvalue weighted by molar-refractivity contribution is -0.122. The summed E-state index contributed by atoms with van der Waals surface area (Å²) in [5.41, 5.74) is 1.02. The lowest BCUT2D eigenvalue weighted by atomic mass is 10.1. The fourth-order valence-corrected chi connectivity index (χ4v) is 1.95. The van der Waals surface area contributed by atoms with Crippen LogP contribution in [0.3, 0.4) is 0 Å². The molecule has 1 amide bonds. The zero-order valence-electron chi connectivity index (χ0n) is 9.83. The maximum atomic E-state index is 11.4. The SMILES string of the molecule is COc1ccc(Cl)cc1CCNC(=O)C1CC1. The van der Waals surface area contributed by atoms with Crippen LogP contribution in [0.25, 0.3) is 0 Å². The normalized spacial score (nSPS) is 14.5. The van der Waals surface area contributed by atoms with Crippen molar-refractivity contribution in [2.75, 3.05) is 13.7 Å². The number of hydrogen-bond donors (Lipinski definition) is 1. The van der Waals surface area contributed by atoms with Crippen molar-refractivity contribution in [1.29, 1.82) is 0 Å². The molecular weight excluding hydrogens is 238 g/mol. The molecule has 1 fully saturated rings. The minimum absolute atomic E-state index is 0.172. The van der Waals surface area contributed by atoms with Crippen molar-refractivity contribution in [3.63, 3.8) is 0 Å². The highest BCUT2D eigenvalue weighted by atomic mass is 35.5. The van der Waals surface area contributed by atoms with Crippen molar-refractivity contribution in [3.05, 3.63) is 28.8 Å². The zero-order valence-corrected chi connectivity index (χ0v) is 10.6. The number of carbonyl (C=O) groups excluding carboxylic acids is 1. The number of carbonyl (C=O) groups is 1. The minimum atomic E-state index is 0.172. The molecule has 1 aromatic rings. The molecule has 0 heterocycles. The van der Waals surface area contributed by atoms with Crippen LogP contribution in [0.5, 0.6) is 5.75 Å². The van der Waals surface area contributed by atoms with E-state index in [1.54, 1.807) is 13.2 Å². The van der Waals surface area contributed by atoms with Gasteiger partial charge in [0.15, 0.2) is 0 Å². The van der Waals surface area contributed by atoms with Gasteiger partial charge in [-0.3, -0.25) is 4.79 Å². The van der Waals surface area contributed by atoms with Gasteiger partial charge in [0.25, 0.3) is 0 Å². The van der Waals surface area contributed by atoms with E-state index in [4.69, 9.17) is 16.3 Å². The first-order valence-electron chi connectivity index (χ1n) is 5.81. The minimum Gasteiger partial charge on any atom is -0.496 e. The second-order valence-corrected chi connectivity index (χ2v) is 4.71. The first kappa shape index (κ1) is 12.2. The Hall–Kier alpha value is -1.22. The molecule has 4 heteroatoms. The molecule has 0 aromatic heterocycles. The van der Waals surface area contributed by atoms with Crippen LogP contribution in [-0.4, -0.2) is 19.6 Å². The number of ether oxygens (including phenoxy) is 1. The Morgan fingerprint density at radius 2 is 2.29 bits per heavy atom. The number of nitrogens with one attached hydrogen (secondary N) is 1. The maximum absolute atomic E-state index is 11.4. The summed E-state index contributed by atoms with van der Waals surface area (Å²) in [4.78, 5) is 11.4. The number of benzene rings is 1. The van der Waals surface area contributed by atoms with Gasteiger partial charge in [0, 0.05) is 17.5 Å². The monoisotopic (exact) mass is 253 g/mol. The van der Waals surface area contributed by atoms with Crippen molar-refractivity contribution >= 4 is 17.5 Å². The molecule has 0 bridgehead atoms. The summed E-state index contributed by atoms with van der Waals surface area (Å²) >= 11 is 5.93. The second-order valence-electron chi connectivity index (χ2n) is 4.27. The molecule has 0 atom stereocenters. The third-order valence-corrected chi connectivity index (χ3v) is 3.12. The molecular formula is C13H16ClNO2. The van der Waals surface area contributed by atoms with Crippen LogP contribution in [0.15, 0.2) is 18.2 Å². The Morgan fingerprint density at radius 1 is 1.53 bits per heavy atom. The first-order chi connectivity index (χ1) is 8.20. The van der Waals surface area contributed by atoms with Crippen molar-refractivity contribution in [2.24, 2.45) is 5.92 Å². The van der Waals surface area contributed by atoms with Crippen molar-refractivity contribution in [1.82, 2.24) is 5.32 Å². The Kier molecular flexibility index (Phi) is 3.89. The number of hydrogen-bond acceptors (Lipinski definition) is 2. The van der Waals surface area contributed by atoms with Crippen molar-refractivity contribution in [3.8, 4) is 5.75 Å². The smallest absolute Gasteiger partial charge is 0.223 e. The Labute approximate surface area is 106 Å². The fourth-order valence-electron chi connectivity index (χ4n) is 1.75. The summed E-state index contributed by atoms with van der Waals surface area (Å²) in [6.45, 7) is 0.631. The Balaban J connectivity index is 1.88. The number of halogens is 1. The summed E-state index contributed by atoms with van der Waals surface area (Å²) in [5.74, 6) is 1.25. The van der Waals surface area contributed by atoms with Gasteiger partial charge in [0.2, 0.25) is 5.91 Å². The zero-order chi connectivity index (χ0) is 12.3. The molecule has 0 unspecified atom stereocenters. The lowest BCUT2D eigenvalue weighted by Crippen LogP contribution is -2.27. The highest BCUT2D eigenvalue weighted by molar-refractivity contribution is 6.30. The fraction of sp³-hybridized carbons (Fsp3) is 0.462. The van der Waals surface area contributed by atoms with E-state index in [9.17, 15) is 4.79 Å². The van der Waals surface area contributed by atoms with E-state index in [1.807, 2.05) is 12.1 Å². The van der Waals surface area contributed by atoms with Crippen LogP contribution < -0.4 is 10.1 Å². The van der Waals surface area contributed by atoms with Gasteiger partial charge in [-0.05, 0) is 43.0 Å². The predicted molar refractivity (Wildman–Crippen MR) is 67.4 cm³/mol. The molecule has 1 saturated carbocycles. The van der Waals surface area contributed by atoms with Crippen LogP contribution in [0, 0.1) is 5.92 Å². The molecule has 92 valence electrons. The third-order valence-electron chi connectivity index (χ3n) is 2.88. The van der Waals surface area contributed by atoms with E-state index >= 15 is 0 Å². The van der Waals surface area contributed by atoms with Crippen molar-refractivity contribution < 1.29 is 9.53 Å². The molecule has 17 heavy (non-hydrogen) atoms. The van der Waals surface area contributed by atoms with Gasteiger partial charge in [0.1, 0.15) is 5.75 Å². The van der Waals surface area contributed by atoms with Crippen LogP contribution in [-0.2, 0) is 11.2 Å². The van der Waals surface area contributed by atoms with E-state index < -0.39 is 0 Å². The van der Waals surface area contributed by atoms with Gasteiger partial charge in [-0.15, -0.1) is 0 Å². The maximum Gasteiger partial charge on any atom is 0.223 e. The van der Waals surface area contributed by atoms with E-state index in [2.05, 4.69) is 5.32 Å². The first-order valence-corrected chi connectivity index (χ1v) is 6.18. The highest BCUT2D eigenvalue weighted by Crippen LogP contribution is 2.28. The molecule has 3 nitrogen and oxygen atoms in total. The summed E-state index contributed by atoms with van der Waals surface area (Å²) < 4.78 is 5.25. The number of rotatable bonds is 5. The summed E-state index contributed by atoms with van der Waals surface area (Å²) in [5, 5.41) is 3.62. The standard InChI is InChI=1S/C13H16ClNO2/c1-17-12-5-4-11(14)8-10(12)6-7-15-13(16)9-2-3-9/h4-5,8-9H,2-3,6-7H2,1H3,(H,15,16). The summed E-state index contributed by atoms with van der Waals surface area (Å²) in [6.07, 6.45) is 2.81. The van der Waals surface area contributed by atoms with Crippen LogP contribution in [0.2, 0.25) is 5.02 Å². The van der Waals surface area contributed by atoms with Crippen LogP contribution >= 0.6 is 11.6 Å². The van der Waals surface area contributed by atoms with Crippen molar-refractivity contribution in [2.45, 2.75) is 19.3 Å². The molecule has 0 radical (unpaired) electrons. The molecule has 0 spiro atoms. The van der Waals surface area contributed by atoms with Gasteiger partial charge in [-0.1, -0.05) is 11.6 Å². The lowest BCUT2D eigenvalue weighted by Gasteiger charge is -2.09. The van der Waals surface area contributed by atoms with E-state index in [0.717, 1.165) is 30.6 Å². The summed E-state index contributed by atoms with van der Waals surface area (Å²) in [7, 11) is 1.63. The van der Waals surface area contributed by atoms with Gasteiger partial charge >= 0.3 is 0 Å². The van der Waals surface area contributed by atoms with Crippen LogP contribution in [0.1, 0.15) is 18.4 Å². The van der Waals surface area contributed by atoms with Gasteiger partial charge in [0.05, 0.1) is 7.11 Å². The molecule has 1 aromatic carbocycles. The molecule has 1 aliphatic carbocycles. The molecule has 2 rings (SSSR count).